The van der Waals surface area contributed by atoms with Gasteiger partial charge in [0.1, 0.15) is 0 Å². The van der Waals surface area contributed by atoms with Crippen LogP contribution in [0.2, 0.25) is 0 Å². The van der Waals surface area contributed by atoms with Crippen LogP contribution in [0.3, 0.4) is 0 Å². The maximum atomic E-state index is 2.39. The number of hydrogen-bond donors (Lipinski definition) is 0. The highest BCUT2D eigenvalue weighted by Gasteiger charge is 2.03. The van der Waals surface area contributed by atoms with Gasteiger partial charge in [-0.15, -0.1) is 0 Å². The predicted octanol–water partition coefficient (Wildman–Crippen LogP) is 3.42. The molecule has 0 radical (unpaired) electrons. The van der Waals surface area contributed by atoms with Crippen LogP contribution < -0.4 is 0 Å². The quantitative estimate of drug-likeness (QED) is 0.768. The third-order valence-electron chi connectivity index (χ3n) is 3.57. The summed E-state index contributed by atoms with van der Waals surface area (Å²) in [4.78, 5) is 4.60. The van der Waals surface area contributed by atoms with Gasteiger partial charge in [0, 0.05) is 19.6 Å². The summed E-state index contributed by atoms with van der Waals surface area (Å²) < 4.78 is 0. The second-order valence-corrected chi connectivity index (χ2v) is 6.03. The normalized spacial score (nSPS) is 11.3. The molecule has 0 bridgehead atoms. The molecule has 0 aliphatic carbocycles. The van der Waals surface area contributed by atoms with E-state index in [1.54, 1.807) is 0 Å². The van der Waals surface area contributed by atoms with Crippen molar-refractivity contribution in [2.75, 3.05) is 27.7 Å². The van der Waals surface area contributed by atoms with Gasteiger partial charge in [-0.25, -0.2) is 0 Å². The lowest BCUT2D eigenvalue weighted by atomic mass is 10.1. The van der Waals surface area contributed by atoms with E-state index >= 15 is 0 Å². The van der Waals surface area contributed by atoms with Crippen LogP contribution in [0.15, 0.2) is 54.6 Å². The van der Waals surface area contributed by atoms with Crippen LogP contribution in [-0.4, -0.2) is 37.5 Å². The van der Waals surface area contributed by atoms with Crippen LogP contribution in [0.25, 0.3) is 0 Å². The Morgan fingerprint density at radius 3 is 2.00 bits per heavy atom. The Morgan fingerprint density at radius 1 is 0.714 bits per heavy atom. The highest BCUT2D eigenvalue weighted by atomic mass is 15.1. The van der Waals surface area contributed by atoms with E-state index in [1.165, 1.54) is 16.7 Å². The van der Waals surface area contributed by atoms with Crippen molar-refractivity contribution in [3.8, 4) is 0 Å². The van der Waals surface area contributed by atoms with Gasteiger partial charge in [-0.2, -0.15) is 0 Å². The molecule has 0 atom stereocenters. The maximum Gasteiger partial charge on any atom is 0.0230 e. The van der Waals surface area contributed by atoms with Crippen molar-refractivity contribution in [1.82, 2.24) is 9.80 Å². The fourth-order valence-electron chi connectivity index (χ4n) is 2.55. The minimum Gasteiger partial charge on any atom is -0.305 e. The zero-order chi connectivity index (χ0) is 15.1. The molecule has 0 N–H and O–H groups in total. The van der Waals surface area contributed by atoms with E-state index in [-0.39, 0.29) is 0 Å². The Hall–Kier alpha value is -1.64. The fraction of sp³-hybridized carbons (Fsp3) is 0.368. The molecule has 0 fully saturated rings. The summed E-state index contributed by atoms with van der Waals surface area (Å²) in [7, 11) is 6.42. The van der Waals surface area contributed by atoms with Gasteiger partial charge in [0.15, 0.2) is 0 Å². The molecule has 2 nitrogen and oxygen atoms in total. The summed E-state index contributed by atoms with van der Waals surface area (Å²) in [5, 5.41) is 0. The van der Waals surface area contributed by atoms with Gasteiger partial charge in [0.25, 0.3) is 0 Å². The molecular weight excluding hydrogens is 256 g/mol. The lowest BCUT2D eigenvalue weighted by molar-refractivity contribution is 0.330. The van der Waals surface area contributed by atoms with Gasteiger partial charge in [-0.3, -0.25) is 0 Å². The Morgan fingerprint density at radius 2 is 1.33 bits per heavy atom. The Kier molecular flexibility index (Phi) is 5.97. The van der Waals surface area contributed by atoms with Crippen LogP contribution in [0.1, 0.15) is 16.7 Å². The van der Waals surface area contributed by atoms with E-state index in [4.69, 9.17) is 0 Å². The molecular formula is C19H26N2. The lowest BCUT2D eigenvalue weighted by Gasteiger charge is -2.18. The lowest BCUT2D eigenvalue weighted by Crippen LogP contribution is -2.21. The highest BCUT2D eigenvalue weighted by Crippen LogP contribution is 2.10. The highest BCUT2D eigenvalue weighted by molar-refractivity contribution is 5.23. The van der Waals surface area contributed by atoms with E-state index in [0.717, 1.165) is 26.1 Å². The first kappa shape index (κ1) is 15.7. The fourth-order valence-corrected chi connectivity index (χ4v) is 2.55. The van der Waals surface area contributed by atoms with E-state index < -0.39 is 0 Å². The van der Waals surface area contributed by atoms with Gasteiger partial charge in [-0.1, -0.05) is 54.6 Å². The van der Waals surface area contributed by atoms with Crippen molar-refractivity contribution in [3.63, 3.8) is 0 Å². The van der Waals surface area contributed by atoms with Gasteiger partial charge in [-0.05, 0) is 44.3 Å². The average molecular weight is 282 g/mol. The molecule has 0 saturated heterocycles. The number of likely N-dealkylation sites (N-methyl/N-ethyl adjacent to an activating group) is 1. The summed E-state index contributed by atoms with van der Waals surface area (Å²) in [6.45, 7) is 3.09. The second kappa shape index (κ2) is 7.96. The molecule has 0 aliphatic heterocycles. The third-order valence-corrected chi connectivity index (χ3v) is 3.57. The summed E-state index contributed by atoms with van der Waals surface area (Å²) in [6.07, 6.45) is 1.11. The minimum absolute atomic E-state index is 1.00. The number of hydrogen-bond acceptors (Lipinski definition) is 2. The van der Waals surface area contributed by atoms with Crippen LogP contribution in [0.4, 0.5) is 0 Å². The first-order valence-corrected chi connectivity index (χ1v) is 7.58. The van der Waals surface area contributed by atoms with Crippen LogP contribution >= 0.6 is 0 Å². The smallest absolute Gasteiger partial charge is 0.0230 e. The molecule has 2 rings (SSSR count). The molecule has 112 valence electrons. The van der Waals surface area contributed by atoms with Crippen LogP contribution in [-0.2, 0) is 19.5 Å². The van der Waals surface area contributed by atoms with E-state index in [9.17, 15) is 0 Å². The van der Waals surface area contributed by atoms with E-state index in [0.29, 0.717) is 0 Å². The maximum absolute atomic E-state index is 2.39. The molecule has 0 unspecified atom stereocenters. The molecule has 0 spiro atoms. The summed E-state index contributed by atoms with van der Waals surface area (Å²) in [5.41, 5.74) is 4.18. The topological polar surface area (TPSA) is 6.48 Å². The van der Waals surface area contributed by atoms with Crippen LogP contribution in [0.5, 0.6) is 0 Å². The minimum atomic E-state index is 1.00. The Bertz CT molecular complexity index is 534. The Balaban J connectivity index is 1.86. The summed E-state index contributed by atoms with van der Waals surface area (Å²) in [5.74, 6) is 0. The molecule has 0 amide bonds. The van der Waals surface area contributed by atoms with Gasteiger partial charge in [0.2, 0.25) is 0 Å². The second-order valence-electron chi connectivity index (χ2n) is 6.03. The molecule has 0 saturated carbocycles. The van der Waals surface area contributed by atoms with E-state index in [2.05, 4.69) is 85.5 Å². The van der Waals surface area contributed by atoms with Crippen LogP contribution in [0, 0.1) is 0 Å². The standard InChI is InChI=1S/C19H26N2/c1-20(2)15-18-10-7-11-19(14-18)16-21(3)13-12-17-8-5-4-6-9-17/h4-11,14H,12-13,15-16H2,1-3H3. The zero-order valence-electron chi connectivity index (χ0n) is 13.4. The zero-order valence-corrected chi connectivity index (χ0v) is 13.4. The largest absolute Gasteiger partial charge is 0.305 e. The summed E-state index contributed by atoms with van der Waals surface area (Å²) >= 11 is 0. The van der Waals surface area contributed by atoms with Crippen molar-refractivity contribution >= 4 is 0 Å². The molecule has 0 heterocycles. The molecule has 0 aliphatic rings. The number of nitrogens with zero attached hydrogens (tertiary/aromatic N) is 2. The Labute approximate surface area is 129 Å². The molecule has 2 aromatic carbocycles. The predicted molar refractivity (Wildman–Crippen MR) is 90.3 cm³/mol. The number of rotatable bonds is 7. The number of benzene rings is 2. The monoisotopic (exact) mass is 282 g/mol. The van der Waals surface area contributed by atoms with Crippen molar-refractivity contribution in [3.05, 3.63) is 71.3 Å². The van der Waals surface area contributed by atoms with Crippen molar-refractivity contribution in [2.45, 2.75) is 19.5 Å². The summed E-state index contributed by atoms with van der Waals surface area (Å²) in [6, 6.07) is 19.6. The van der Waals surface area contributed by atoms with Crippen molar-refractivity contribution < 1.29 is 0 Å². The first-order valence-electron chi connectivity index (χ1n) is 7.58. The van der Waals surface area contributed by atoms with Gasteiger partial charge < -0.3 is 9.80 Å². The SMILES string of the molecule is CN(C)Cc1cccc(CN(C)CCc2ccccc2)c1. The van der Waals surface area contributed by atoms with Gasteiger partial charge >= 0.3 is 0 Å². The molecule has 21 heavy (non-hydrogen) atoms. The molecule has 2 heteroatoms. The third kappa shape index (κ3) is 5.70. The van der Waals surface area contributed by atoms with Crippen molar-refractivity contribution in [1.29, 1.82) is 0 Å². The first-order chi connectivity index (χ1) is 10.1. The molecule has 0 aromatic heterocycles. The molecule has 2 aromatic rings. The van der Waals surface area contributed by atoms with Crippen molar-refractivity contribution in [2.24, 2.45) is 0 Å². The average Bonchev–Trinajstić information content (AvgIpc) is 2.46. The van der Waals surface area contributed by atoms with Gasteiger partial charge in [0.05, 0.1) is 0 Å². The van der Waals surface area contributed by atoms with E-state index in [1.807, 2.05) is 0 Å².